The summed E-state index contributed by atoms with van der Waals surface area (Å²) >= 11 is 13.4. The second-order valence-electron chi connectivity index (χ2n) is 3.29. The Balaban J connectivity index is 4.13. The number of halogens is 2. The van der Waals surface area contributed by atoms with Gasteiger partial charge in [-0.1, -0.05) is 0 Å². The second-order valence-corrected chi connectivity index (χ2v) is 6.25. The van der Waals surface area contributed by atoms with Gasteiger partial charge in [0.2, 0.25) is 0 Å². The van der Waals surface area contributed by atoms with Crippen LogP contribution in [0.3, 0.4) is 0 Å². The molecule has 0 spiro atoms. The van der Waals surface area contributed by atoms with Gasteiger partial charge in [-0.05, 0) is 0 Å². The van der Waals surface area contributed by atoms with E-state index in [-0.39, 0.29) is 9.85 Å². The molecule has 0 radical (unpaired) electrons. The third-order valence-corrected chi connectivity index (χ3v) is 3.43. The van der Waals surface area contributed by atoms with Crippen molar-refractivity contribution in [3.05, 3.63) is 0 Å². The second kappa shape index (κ2) is 3.93. The Bertz CT molecular complexity index is 131. The van der Waals surface area contributed by atoms with Gasteiger partial charge in [0.15, 0.2) is 0 Å². The molecule has 0 amide bonds. The first kappa shape index (κ1) is 12.2. The standard InChI is InChI=1S/C6H13Cl2N2.Pt/c1-5(2,4-9)3-6(7,8)10;/h4H,3,9-10H2,1-2H3;. The molecule has 0 aliphatic rings. The van der Waals surface area contributed by atoms with Gasteiger partial charge in [0.25, 0.3) is 0 Å². The molecule has 0 rings (SSSR count). The van der Waals surface area contributed by atoms with Crippen molar-refractivity contribution in [1.82, 2.24) is 0 Å². The quantitative estimate of drug-likeness (QED) is 0.574. The van der Waals surface area contributed by atoms with Crippen LogP contribution < -0.4 is 11.5 Å². The van der Waals surface area contributed by atoms with Gasteiger partial charge in [-0.15, -0.1) is 0 Å². The maximum absolute atomic E-state index is 5.69. The van der Waals surface area contributed by atoms with E-state index in [4.69, 9.17) is 34.7 Å². The van der Waals surface area contributed by atoms with Crippen molar-refractivity contribution >= 4 is 23.2 Å². The summed E-state index contributed by atoms with van der Waals surface area (Å²) in [4.78, 5) is 0. The van der Waals surface area contributed by atoms with Gasteiger partial charge in [-0.3, -0.25) is 0 Å². The molecule has 4 N–H and O–H groups in total. The Hall–Kier alpha value is 1.19. The van der Waals surface area contributed by atoms with E-state index >= 15 is 0 Å². The first-order chi connectivity index (χ1) is 4.65. The Morgan fingerprint density at radius 3 is 1.91 bits per heavy atom. The summed E-state index contributed by atoms with van der Waals surface area (Å²) in [5, 5.41) is 0. The number of rotatable bonds is 3. The average Bonchev–Trinajstić information content (AvgIpc) is 1.56. The molecule has 11 heavy (non-hydrogen) atoms. The van der Waals surface area contributed by atoms with Crippen LogP contribution in [0, 0.1) is 5.41 Å². The summed E-state index contributed by atoms with van der Waals surface area (Å²) in [6.45, 7) is 3.97. The minimum atomic E-state index is -1.17. The van der Waals surface area contributed by atoms with E-state index < -0.39 is 4.46 Å². The summed E-state index contributed by atoms with van der Waals surface area (Å²) in [6.07, 6.45) is 0.480. The Morgan fingerprint density at radius 1 is 1.45 bits per heavy atom. The zero-order valence-electron chi connectivity index (χ0n) is 6.51. The zero-order chi connectivity index (χ0) is 9.28. The van der Waals surface area contributed by atoms with Gasteiger partial charge < -0.3 is 0 Å². The van der Waals surface area contributed by atoms with Crippen molar-refractivity contribution in [1.29, 1.82) is 0 Å². The van der Waals surface area contributed by atoms with E-state index in [9.17, 15) is 0 Å². The van der Waals surface area contributed by atoms with Gasteiger partial charge in [0.1, 0.15) is 0 Å². The van der Waals surface area contributed by atoms with Crippen LogP contribution in [0.4, 0.5) is 0 Å². The molecule has 0 bridgehead atoms. The molecule has 1 unspecified atom stereocenters. The molecule has 0 saturated heterocycles. The fraction of sp³-hybridized carbons (Fsp3) is 1.00. The van der Waals surface area contributed by atoms with Crippen molar-refractivity contribution in [3.8, 4) is 0 Å². The Morgan fingerprint density at radius 2 is 1.82 bits per heavy atom. The minimum absolute atomic E-state index is 0.00271. The van der Waals surface area contributed by atoms with Gasteiger partial charge in [-0.25, -0.2) is 0 Å². The van der Waals surface area contributed by atoms with E-state index in [1.54, 1.807) is 0 Å². The topological polar surface area (TPSA) is 52.0 Å². The third kappa shape index (κ3) is 5.43. The first-order valence-electron chi connectivity index (χ1n) is 3.18. The van der Waals surface area contributed by atoms with Crippen LogP contribution in [0.2, 0.25) is 0 Å². The molecule has 71 valence electrons. The summed E-state index contributed by atoms with van der Waals surface area (Å²) in [5.41, 5.74) is 11.0. The third-order valence-electron chi connectivity index (χ3n) is 1.39. The molecule has 0 aromatic heterocycles. The van der Waals surface area contributed by atoms with Crippen LogP contribution in [0.1, 0.15) is 20.3 Å². The van der Waals surface area contributed by atoms with Gasteiger partial charge in [0, 0.05) is 0 Å². The van der Waals surface area contributed by atoms with Crippen molar-refractivity contribution in [2.75, 3.05) is 0 Å². The zero-order valence-corrected chi connectivity index (χ0v) is 10.3. The summed E-state index contributed by atoms with van der Waals surface area (Å²) < 4.78 is -1.17. The number of hydrogen-bond acceptors (Lipinski definition) is 2. The van der Waals surface area contributed by atoms with Crippen LogP contribution in [0.15, 0.2) is 0 Å². The molecule has 5 heteroatoms. The van der Waals surface area contributed by atoms with Crippen molar-refractivity contribution in [3.63, 3.8) is 0 Å². The average molecular weight is 379 g/mol. The van der Waals surface area contributed by atoms with Crippen LogP contribution in [-0.2, 0) is 19.8 Å². The Labute approximate surface area is 88.9 Å². The maximum atomic E-state index is 5.69. The monoisotopic (exact) mass is 378 g/mol. The Kier molecular flexibility index (Phi) is 4.36. The van der Waals surface area contributed by atoms with Crippen LogP contribution >= 0.6 is 23.2 Å². The SMILES string of the molecule is CC(C)(CC(N)(Cl)Cl)[CH](N)[Pt]. The van der Waals surface area contributed by atoms with E-state index in [1.165, 1.54) is 0 Å². The van der Waals surface area contributed by atoms with E-state index in [1.807, 2.05) is 13.8 Å². The van der Waals surface area contributed by atoms with E-state index in [0.29, 0.717) is 6.42 Å². The first-order valence-corrected chi connectivity index (χ1v) is 5.25. The molecule has 0 aliphatic heterocycles. The predicted octanol–water partition coefficient (Wildman–Crippen LogP) is 1.32. The molecule has 0 aromatic rings. The molecular weight excluding hydrogens is 366 g/mol. The molecule has 0 saturated carbocycles. The summed E-state index contributed by atoms with van der Waals surface area (Å²) in [7, 11) is 0. The predicted molar refractivity (Wildman–Crippen MR) is 45.0 cm³/mol. The van der Waals surface area contributed by atoms with E-state index in [0.717, 1.165) is 0 Å². The fourth-order valence-electron chi connectivity index (χ4n) is 0.699. The molecule has 0 fully saturated rings. The summed E-state index contributed by atoms with van der Waals surface area (Å²) in [6, 6.07) is 0. The normalized spacial score (nSPS) is 16.7. The van der Waals surface area contributed by atoms with Crippen LogP contribution in [0.25, 0.3) is 0 Å². The van der Waals surface area contributed by atoms with E-state index in [2.05, 4.69) is 19.8 Å². The fourth-order valence-corrected chi connectivity index (χ4v) is 1.62. The van der Waals surface area contributed by atoms with Gasteiger partial charge >= 0.3 is 89.1 Å². The molecule has 2 nitrogen and oxygen atoms in total. The van der Waals surface area contributed by atoms with Crippen molar-refractivity contribution in [2.45, 2.75) is 29.2 Å². The molecule has 1 atom stereocenters. The van der Waals surface area contributed by atoms with Gasteiger partial charge in [-0.2, -0.15) is 0 Å². The van der Waals surface area contributed by atoms with Crippen molar-refractivity contribution in [2.24, 2.45) is 16.9 Å². The molecular formula is C6H13Cl2N2Pt. The summed E-state index contributed by atoms with van der Waals surface area (Å²) in [5.74, 6) is 0. The van der Waals surface area contributed by atoms with Crippen molar-refractivity contribution < 1.29 is 19.8 Å². The molecule has 0 aliphatic carbocycles. The van der Waals surface area contributed by atoms with Crippen LogP contribution in [-0.4, -0.2) is 8.89 Å². The van der Waals surface area contributed by atoms with Crippen LogP contribution in [0.5, 0.6) is 0 Å². The molecule has 0 heterocycles. The number of alkyl halides is 2. The number of hydrogen-bond donors (Lipinski definition) is 2. The number of nitrogens with two attached hydrogens (primary N) is 2. The molecule has 0 aromatic carbocycles. The van der Waals surface area contributed by atoms with Gasteiger partial charge in [0.05, 0.1) is 0 Å².